The van der Waals surface area contributed by atoms with Crippen LogP contribution in [-0.4, -0.2) is 18.7 Å². The maximum absolute atomic E-state index is 11.4. The summed E-state index contributed by atoms with van der Waals surface area (Å²) in [7, 11) is 0. The number of ether oxygens (including phenoxy) is 2. The quantitative estimate of drug-likeness (QED) is 0.639. The lowest BCUT2D eigenvalue weighted by molar-refractivity contribution is 0.0442. The zero-order valence-electron chi connectivity index (χ0n) is 12.8. The number of carbonyl (C=O) groups is 1. The first-order valence-electron chi connectivity index (χ1n) is 7.33. The SMILES string of the molecule is CC1(c2ccccc2)COC(=O)O/C1=N/OCc1ccccc1. The van der Waals surface area contributed by atoms with Gasteiger partial charge in [-0.25, -0.2) is 4.79 Å². The van der Waals surface area contributed by atoms with E-state index in [-0.39, 0.29) is 12.5 Å². The fourth-order valence-electron chi connectivity index (χ4n) is 2.36. The van der Waals surface area contributed by atoms with E-state index in [1.165, 1.54) is 0 Å². The van der Waals surface area contributed by atoms with E-state index < -0.39 is 11.6 Å². The molecule has 5 heteroatoms. The molecule has 0 aromatic heterocycles. The van der Waals surface area contributed by atoms with Crippen molar-refractivity contribution < 1.29 is 19.1 Å². The number of oxime groups is 1. The Morgan fingerprint density at radius 2 is 1.74 bits per heavy atom. The predicted octanol–water partition coefficient (Wildman–Crippen LogP) is 3.64. The second kappa shape index (κ2) is 6.52. The van der Waals surface area contributed by atoms with Crippen LogP contribution in [0.1, 0.15) is 18.1 Å². The van der Waals surface area contributed by atoms with Gasteiger partial charge in [0.2, 0.25) is 0 Å². The molecular formula is C18H17NO4. The van der Waals surface area contributed by atoms with Crippen LogP contribution in [0.2, 0.25) is 0 Å². The van der Waals surface area contributed by atoms with Crippen LogP contribution in [-0.2, 0) is 26.3 Å². The summed E-state index contributed by atoms with van der Waals surface area (Å²) < 4.78 is 10.2. The van der Waals surface area contributed by atoms with Crippen molar-refractivity contribution in [1.82, 2.24) is 0 Å². The molecule has 1 aliphatic heterocycles. The third-order valence-corrected chi connectivity index (χ3v) is 3.76. The number of cyclic esters (lactones) is 2. The lowest BCUT2D eigenvalue weighted by Gasteiger charge is -2.32. The summed E-state index contributed by atoms with van der Waals surface area (Å²) in [5.41, 5.74) is 1.25. The number of carbonyl (C=O) groups excluding carboxylic acids is 1. The minimum atomic E-state index is -0.763. The molecule has 0 saturated carbocycles. The van der Waals surface area contributed by atoms with Crippen LogP contribution in [0.25, 0.3) is 0 Å². The second-order valence-electron chi connectivity index (χ2n) is 5.49. The van der Waals surface area contributed by atoms with Crippen molar-refractivity contribution in [2.45, 2.75) is 18.9 Å². The van der Waals surface area contributed by atoms with Crippen molar-refractivity contribution in [3.05, 3.63) is 71.8 Å². The van der Waals surface area contributed by atoms with Crippen molar-refractivity contribution in [3.63, 3.8) is 0 Å². The van der Waals surface area contributed by atoms with Gasteiger partial charge in [-0.15, -0.1) is 0 Å². The van der Waals surface area contributed by atoms with Gasteiger partial charge in [0.1, 0.15) is 18.6 Å². The maximum atomic E-state index is 11.4. The second-order valence-corrected chi connectivity index (χ2v) is 5.49. The smallest absolute Gasteiger partial charge is 0.432 e. The third kappa shape index (κ3) is 3.34. The van der Waals surface area contributed by atoms with Crippen molar-refractivity contribution in [3.8, 4) is 0 Å². The van der Waals surface area contributed by atoms with E-state index in [4.69, 9.17) is 14.3 Å². The largest absolute Gasteiger partial charge is 0.515 e. The monoisotopic (exact) mass is 311 g/mol. The normalized spacial score (nSPS) is 22.3. The van der Waals surface area contributed by atoms with Gasteiger partial charge < -0.3 is 14.3 Å². The van der Waals surface area contributed by atoms with Crippen molar-refractivity contribution in [2.75, 3.05) is 6.61 Å². The van der Waals surface area contributed by atoms with Gasteiger partial charge in [-0.2, -0.15) is 0 Å². The van der Waals surface area contributed by atoms with Crippen LogP contribution >= 0.6 is 0 Å². The van der Waals surface area contributed by atoms with Gasteiger partial charge in [0.05, 0.1) is 0 Å². The Morgan fingerprint density at radius 1 is 1.09 bits per heavy atom. The molecule has 0 spiro atoms. The average Bonchev–Trinajstić information content (AvgIpc) is 2.60. The Hall–Kier alpha value is -2.82. The van der Waals surface area contributed by atoms with E-state index in [0.29, 0.717) is 6.61 Å². The molecule has 0 N–H and O–H groups in total. The van der Waals surface area contributed by atoms with Gasteiger partial charge in [-0.3, -0.25) is 0 Å². The first kappa shape index (κ1) is 15.1. The van der Waals surface area contributed by atoms with Gasteiger partial charge in [-0.05, 0) is 23.2 Å². The third-order valence-electron chi connectivity index (χ3n) is 3.76. The van der Waals surface area contributed by atoms with E-state index in [1.807, 2.05) is 67.6 Å². The highest BCUT2D eigenvalue weighted by molar-refractivity contribution is 5.95. The lowest BCUT2D eigenvalue weighted by atomic mass is 9.82. The maximum Gasteiger partial charge on any atom is 0.515 e. The molecule has 1 heterocycles. The number of hydrogen-bond donors (Lipinski definition) is 0. The zero-order chi connectivity index (χ0) is 16.1. The fourth-order valence-corrected chi connectivity index (χ4v) is 2.36. The Morgan fingerprint density at radius 3 is 2.43 bits per heavy atom. The topological polar surface area (TPSA) is 57.1 Å². The molecule has 0 aliphatic carbocycles. The first-order valence-corrected chi connectivity index (χ1v) is 7.33. The van der Waals surface area contributed by atoms with Gasteiger partial charge in [0.25, 0.3) is 5.90 Å². The Bertz CT molecular complexity index is 699. The van der Waals surface area contributed by atoms with E-state index in [2.05, 4.69) is 5.16 Å². The Labute approximate surface area is 134 Å². The first-order chi connectivity index (χ1) is 11.2. The molecule has 23 heavy (non-hydrogen) atoms. The molecule has 1 fully saturated rings. The highest BCUT2D eigenvalue weighted by Gasteiger charge is 2.42. The molecule has 1 aliphatic rings. The summed E-state index contributed by atoms with van der Waals surface area (Å²) in [6.07, 6.45) is -0.763. The van der Waals surface area contributed by atoms with Crippen LogP contribution in [0.15, 0.2) is 65.8 Å². The summed E-state index contributed by atoms with van der Waals surface area (Å²) in [6, 6.07) is 19.3. The molecular weight excluding hydrogens is 294 g/mol. The van der Waals surface area contributed by atoms with Gasteiger partial charge in [0.15, 0.2) is 0 Å². The van der Waals surface area contributed by atoms with Gasteiger partial charge >= 0.3 is 6.16 Å². The Kier molecular flexibility index (Phi) is 4.28. The molecule has 1 unspecified atom stereocenters. The Balaban J connectivity index is 1.81. The average molecular weight is 311 g/mol. The highest BCUT2D eigenvalue weighted by atomic mass is 16.7. The molecule has 2 aromatic carbocycles. The number of nitrogens with zero attached hydrogens (tertiary/aromatic N) is 1. The molecule has 0 amide bonds. The highest BCUT2D eigenvalue weighted by Crippen LogP contribution is 2.30. The van der Waals surface area contributed by atoms with E-state index in [9.17, 15) is 4.79 Å². The van der Waals surface area contributed by atoms with Gasteiger partial charge in [-0.1, -0.05) is 60.7 Å². The summed E-state index contributed by atoms with van der Waals surface area (Å²) in [6.45, 7) is 2.36. The fraction of sp³-hybridized carbons (Fsp3) is 0.222. The molecule has 1 atom stereocenters. The minimum Gasteiger partial charge on any atom is -0.432 e. The van der Waals surface area contributed by atoms with Gasteiger partial charge in [0, 0.05) is 0 Å². The number of hydrogen-bond acceptors (Lipinski definition) is 5. The summed E-state index contributed by atoms with van der Waals surface area (Å²) >= 11 is 0. The molecule has 0 bridgehead atoms. The molecule has 2 aromatic rings. The molecule has 1 saturated heterocycles. The lowest BCUT2D eigenvalue weighted by Crippen LogP contribution is -2.45. The van der Waals surface area contributed by atoms with Crippen molar-refractivity contribution in [1.29, 1.82) is 0 Å². The molecule has 118 valence electrons. The van der Waals surface area contributed by atoms with Crippen LogP contribution in [0.4, 0.5) is 4.79 Å². The number of benzene rings is 2. The molecule has 3 rings (SSSR count). The van der Waals surface area contributed by atoms with E-state index in [0.717, 1.165) is 11.1 Å². The standard InChI is InChI=1S/C18H17NO4/c1-18(15-10-6-3-7-11-15)13-21-17(20)23-16(18)19-22-12-14-8-4-2-5-9-14/h2-11H,12-13H2,1H3/b19-16+. The van der Waals surface area contributed by atoms with Crippen LogP contribution in [0.3, 0.4) is 0 Å². The van der Waals surface area contributed by atoms with Crippen LogP contribution < -0.4 is 0 Å². The zero-order valence-corrected chi connectivity index (χ0v) is 12.8. The molecule has 0 radical (unpaired) electrons. The van der Waals surface area contributed by atoms with Crippen LogP contribution in [0, 0.1) is 0 Å². The van der Waals surface area contributed by atoms with Crippen molar-refractivity contribution in [2.24, 2.45) is 5.16 Å². The number of rotatable bonds is 4. The van der Waals surface area contributed by atoms with E-state index in [1.54, 1.807) is 0 Å². The van der Waals surface area contributed by atoms with E-state index >= 15 is 0 Å². The van der Waals surface area contributed by atoms with Crippen molar-refractivity contribution >= 4 is 12.1 Å². The minimum absolute atomic E-state index is 0.156. The summed E-state index contributed by atoms with van der Waals surface area (Å²) in [5, 5.41) is 4.05. The van der Waals surface area contributed by atoms with Crippen LogP contribution in [0.5, 0.6) is 0 Å². The summed E-state index contributed by atoms with van der Waals surface area (Å²) in [5.74, 6) is 0.205. The summed E-state index contributed by atoms with van der Waals surface area (Å²) in [4.78, 5) is 16.8. The molecule has 5 nitrogen and oxygen atoms in total. The predicted molar refractivity (Wildman–Crippen MR) is 84.9 cm³/mol.